The van der Waals surface area contributed by atoms with Gasteiger partial charge in [0.15, 0.2) is 5.82 Å². The van der Waals surface area contributed by atoms with E-state index < -0.39 is 0 Å². The minimum absolute atomic E-state index is 0.502. The molecule has 2 fully saturated rings. The van der Waals surface area contributed by atoms with Crippen LogP contribution in [0.2, 0.25) is 0 Å². The van der Waals surface area contributed by atoms with Crippen molar-refractivity contribution in [1.82, 2.24) is 14.9 Å². The summed E-state index contributed by atoms with van der Waals surface area (Å²) in [6.45, 7) is 6.99. The fourth-order valence-electron chi connectivity index (χ4n) is 3.21. The first-order valence-corrected chi connectivity index (χ1v) is 7.52. The number of anilines is 2. The largest absolute Gasteiger partial charge is 0.476 e. The molecule has 3 rings (SSSR count). The summed E-state index contributed by atoms with van der Waals surface area (Å²) in [5.41, 5.74) is 6.71. The van der Waals surface area contributed by atoms with Crippen LogP contribution in [0.5, 0.6) is 5.88 Å². The van der Waals surface area contributed by atoms with E-state index in [0.717, 1.165) is 18.9 Å². The van der Waals surface area contributed by atoms with E-state index in [4.69, 9.17) is 10.5 Å². The zero-order chi connectivity index (χ0) is 13.9. The molecular formula is C14H23N5O. The molecule has 0 radical (unpaired) electrons. The number of nitrogens with zero attached hydrogens (tertiary/aromatic N) is 4. The molecule has 6 nitrogen and oxygen atoms in total. The van der Waals surface area contributed by atoms with Gasteiger partial charge < -0.3 is 15.4 Å². The molecule has 3 heterocycles. The van der Waals surface area contributed by atoms with Gasteiger partial charge >= 0.3 is 0 Å². The highest BCUT2D eigenvalue weighted by Crippen LogP contribution is 2.31. The summed E-state index contributed by atoms with van der Waals surface area (Å²) >= 11 is 0. The van der Waals surface area contributed by atoms with E-state index in [1.54, 1.807) is 6.33 Å². The summed E-state index contributed by atoms with van der Waals surface area (Å²) < 4.78 is 5.45. The normalized spacial score (nSPS) is 23.4. The molecule has 0 saturated carbocycles. The quantitative estimate of drug-likeness (QED) is 0.890. The molecule has 0 spiro atoms. The standard InChI is InChI=1S/C14H23N5O/c1-2-20-14-12(15)13(16-10-17-14)19-8-5-11(9-19)18-6-3-4-7-18/h10-11H,2-9,15H2,1H3. The minimum atomic E-state index is 0.502. The van der Waals surface area contributed by atoms with Gasteiger partial charge in [0.1, 0.15) is 12.0 Å². The van der Waals surface area contributed by atoms with Crippen LogP contribution < -0.4 is 15.4 Å². The van der Waals surface area contributed by atoms with Crippen LogP contribution in [-0.4, -0.2) is 53.7 Å². The number of hydrogen-bond acceptors (Lipinski definition) is 6. The number of nitrogen functional groups attached to an aromatic ring is 1. The number of nitrogens with two attached hydrogens (primary N) is 1. The van der Waals surface area contributed by atoms with Gasteiger partial charge in [0.25, 0.3) is 0 Å². The van der Waals surface area contributed by atoms with Crippen molar-refractivity contribution in [2.45, 2.75) is 32.2 Å². The van der Waals surface area contributed by atoms with Crippen molar-refractivity contribution in [1.29, 1.82) is 0 Å². The monoisotopic (exact) mass is 277 g/mol. The van der Waals surface area contributed by atoms with E-state index in [1.807, 2.05) is 6.92 Å². The first-order chi connectivity index (χ1) is 9.79. The maximum absolute atomic E-state index is 6.14. The zero-order valence-corrected chi connectivity index (χ0v) is 12.1. The van der Waals surface area contributed by atoms with Crippen molar-refractivity contribution in [2.24, 2.45) is 0 Å². The lowest BCUT2D eigenvalue weighted by molar-refractivity contribution is 0.260. The second kappa shape index (κ2) is 5.83. The van der Waals surface area contributed by atoms with E-state index in [0.29, 0.717) is 24.2 Å². The fraction of sp³-hybridized carbons (Fsp3) is 0.714. The smallest absolute Gasteiger partial charge is 0.242 e. The second-order valence-electron chi connectivity index (χ2n) is 5.48. The summed E-state index contributed by atoms with van der Waals surface area (Å²) in [6.07, 6.45) is 5.40. The Morgan fingerprint density at radius 3 is 2.85 bits per heavy atom. The third-order valence-electron chi connectivity index (χ3n) is 4.23. The molecule has 6 heteroatoms. The molecule has 2 saturated heterocycles. The third-order valence-corrected chi connectivity index (χ3v) is 4.23. The van der Waals surface area contributed by atoms with Gasteiger partial charge in [0.2, 0.25) is 5.88 Å². The Bertz CT molecular complexity index is 461. The maximum Gasteiger partial charge on any atom is 0.242 e. The number of hydrogen-bond donors (Lipinski definition) is 1. The van der Waals surface area contributed by atoms with Gasteiger partial charge in [-0.2, -0.15) is 4.98 Å². The predicted octanol–water partition coefficient (Wildman–Crippen LogP) is 1.13. The Morgan fingerprint density at radius 2 is 2.10 bits per heavy atom. The highest BCUT2D eigenvalue weighted by molar-refractivity contribution is 5.68. The molecule has 20 heavy (non-hydrogen) atoms. The topological polar surface area (TPSA) is 67.5 Å². The van der Waals surface area contributed by atoms with E-state index in [9.17, 15) is 0 Å². The van der Waals surface area contributed by atoms with Gasteiger partial charge in [-0.1, -0.05) is 0 Å². The molecule has 1 unspecified atom stereocenters. The highest BCUT2D eigenvalue weighted by Gasteiger charge is 2.31. The molecule has 110 valence electrons. The lowest BCUT2D eigenvalue weighted by atomic mass is 10.2. The number of rotatable bonds is 4. The van der Waals surface area contributed by atoms with Crippen LogP contribution in [0.3, 0.4) is 0 Å². The summed E-state index contributed by atoms with van der Waals surface area (Å²) in [4.78, 5) is 13.3. The van der Waals surface area contributed by atoms with Crippen LogP contribution in [0, 0.1) is 0 Å². The summed E-state index contributed by atoms with van der Waals surface area (Å²) in [6, 6.07) is 0.641. The van der Waals surface area contributed by atoms with Crippen LogP contribution in [-0.2, 0) is 0 Å². The van der Waals surface area contributed by atoms with Crippen LogP contribution >= 0.6 is 0 Å². The van der Waals surface area contributed by atoms with Crippen LogP contribution in [0.4, 0.5) is 11.5 Å². The van der Waals surface area contributed by atoms with Crippen molar-refractivity contribution in [3.05, 3.63) is 6.33 Å². The molecular weight excluding hydrogens is 254 g/mol. The molecule has 1 atom stereocenters. The lowest BCUT2D eigenvalue weighted by Gasteiger charge is -2.24. The molecule has 0 aliphatic carbocycles. The number of ether oxygens (including phenoxy) is 1. The van der Waals surface area contributed by atoms with Crippen molar-refractivity contribution in [3.63, 3.8) is 0 Å². The fourth-order valence-corrected chi connectivity index (χ4v) is 3.21. The molecule has 2 aliphatic heterocycles. The van der Waals surface area contributed by atoms with Gasteiger partial charge in [-0.25, -0.2) is 4.98 Å². The molecule has 1 aromatic rings. The lowest BCUT2D eigenvalue weighted by Crippen LogP contribution is -2.35. The van der Waals surface area contributed by atoms with E-state index in [2.05, 4.69) is 19.8 Å². The van der Waals surface area contributed by atoms with Crippen molar-refractivity contribution >= 4 is 11.5 Å². The molecule has 2 N–H and O–H groups in total. The third kappa shape index (κ3) is 2.52. The average molecular weight is 277 g/mol. The Balaban J connectivity index is 1.72. The molecule has 0 aromatic carbocycles. The van der Waals surface area contributed by atoms with Gasteiger partial charge in [0, 0.05) is 19.1 Å². The van der Waals surface area contributed by atoms with Crippen molar-refractivity contribution in [2.75, 3.05) is 43.4 Å². The Labute approximate surface area is 119 Å². The highest BCUT2D eigenvalue weighted by atomic mass is 16.5. The number of aromatic nitrogens is 2. The van der Waals surface area contributed by atoms with Gasteiger partial charge in [-0.05, 0) is 39.3 Å². The maximum atomic E-state index is 6.14. The average Bonchev–Trinajstić information content (AvgIpc) is 3.11. The Hall–Kier alpha value is -1.56. The summed E-state index contributed by atoms with van der Waals surface area (Å²) in [5, 5.41) is 0. The second-order valence-corrected chi connectivity index (χ2v) is 5.48. The molecule has 1 aromatic heterocycles. The molecule has 0 bridgehead atoms. The van der Waals surface area contributed by atoms with Crippen LogP contribution in [0.25, 0.3) is 0 Å². The van der Waals surface area contributed by atoms with E-state index >= 15 is 0 Å². The first-order valence-electron chi connectivity index (χ1n) is 7.52. The first kappa shape index (κ1) is 13.4. The van der Waals surface area contributed by atoms with Crippen LogP contribution in [0.15, 0.2) is 6.33 Å². The molecule has 2 aliphatic rings. The van der Waals surface area contributed by atoms with Crippen LogP contribution in [0.1, 0.15) is 26.2 Å². The van der Waals surface area contributed by atoms with Gasteiger partial charge in [-0.15, -0.1) is 0 Å². The SMILES string of the molecule is CCOc1ncnc(N2CCC(N3CCCC3)C2)c1N. The Morgan fingerprint density at radius 1 is 1.30 bits per heavy atom. The molecule has 0 amide bonds. The van der Waals surface area contributed by atoms with Crippen molar-refractivity contribution < 1.29 is 4.74 Å². The number of likely N-dealkylation sites (tertiary alicyclic amines) is 1. The zero-order valence-electron chi connectivity index (χ0n) is 12.1. The minimum Gasteiger partial charge on any atom is -0.476 e. The van der Waals surface area contributed by atoms with E-state index in [-0.39, 0.29) is 0 Å². The predicted molar refractivity (Wildman–Crippen MR) is 79.0 cm³/mol. The van der Waals surface area contributed by atoms with Gasteiger partial charge in [0.05, 0.1) is 6.61 Å². The summed E-state index contributed by atoms with van der Waals surface area (Å²) in [5.74, 6) is 1.33. The van der Waals surface area contributed by atoms with Crippen molar-refractivity contribution in [3.8, 4) is 5.88 Å². The Kier molecular flexibility index (Phi) is 3.91. The van der Waals surface area contributed by atoms with E-state index in [1.165, 1.54) is 32.4 Å². The van der Waals surface area contributed by atoms with Gasteiger partial charge in [-0.3, -0.25) is 4.90 Å². The summed E-state index contributed by atoms with van der Waals surface area (Å²) in [7, 11) is 0.